The molecule has 2 rings (SSSR count). The lowest BCUT2D eigenvalue weighted by Crippen LogP contribution is -1.98. The van der Waals surface area contributed by atoms with E-state index in [1.54, 1.807) is 24.3 Å². The zero-order valence-corrected chi connectivity index (χ0v) is 12.8. The minimum absolute atomic E-state index is 0.146. The van der Waals surface area contributed by atoms with E-state index >= 15 is 0 Å². The monoisotopic (exact) mass is 352 g/mol. The van der Waals surface area contributed by atoms with Gasteiger partial charge in [-0.25, -0.2) is 0 Å². The molecule has 0 saturated carbocycles. The molecule has 0 aliphatic rings. The summed E-state index contributed by atoms with van der Waals surface area (Å²) in [4.78, 5) is 10.6. The highest BCUT2D eigenvalue weighted by Gasteiger charge is 2.17. The Morgan fingerprint density at radius 2 is 1.95 bits per heavy atom. The number of methoxy groups -OCH3 is 1. The number of ether oxygens (including phenoxy) is 2. The standard InChI is InChI=1S/C14H13BrN2O4/c1-20-10-4-5-14(13(7-10)17(18)19)21-11-3-2-9(8-16)12(15)6-11/h2-7H,8,16H2,1H3. The number of nitro benzene ring substituents is 1. The molecule has 0 unspecified atom stereocenters. The summed E-state index contributed by atoms with van der Waals surface area (Å²) in [5, 5.41) is 11.1. The molecule has 2 aromatic carbocycles. The third-order valence-corrected chi connectivity index (χ3v) is 3.57. The molecule has 6 nitrogen and oxygen atoms in total. The van der Waals surface area contributed by atoms with Gasteiger partial charge in [0, 0.05) is 11.0 Å². The van der Waals surface area contributed by atoms with Crippen molar-refractivity contribution in [3.05, 3.63) is 56.5 Å². The second-order valence-electron chi connectivity index (χ2n) is 4.15. The molecule has 7 heteroatoms. The van der Waals surface area contributed by atoms with Crippen molar-refractivity contribution in [1.29, 1.82) is 0 Å². The van der Waals surface area contributed by atoms with Gasteiger partial charge < -0.3 is 15.2 Å². The van der Waals surface area contributed by atoms with Gasteiger partial charge in [0.25, 0.3) is 0 Å². The molecular formula is C14H13BrN2O4. The van der Waals surface area contributed by atoms with Crippen molar-refractivity contribution < 1.29 is 14.4 Å². The Kier molecular flexibility index (Phi) is 4.77. The van der Waals surface area contributed by atoms with E-state index < -0.39 is 4.92 Å². The van der Waals surface area contributed by atoms with Crippen molar-refractivity contribution in [2.24, 2.45) is 5.73 Å². The van der Waals surface area contributed by atoms with Crippen LogP contribution in [0.2, 0.25) is 0 Å². The fraction of sp³-hybridized carbons (Fsp3) is 0.143. The highest BCUT2D eigenvalue weighted by Crippen LogP contribution is 2.35. The number of nitro groups is 1. The lowest BCUT2D eigenvalue weighted by molar-refractivity contribution is -0.385. The van der Waals surface area contributed by atoms with Crippen molar-refractivity contribution in [2.75, 3.05) is 7.11 Å². The Labute approximate surface area is 129 Å². The molecule has 21 heavy (non-hydrogen) atoms. The average Bonchev–Trinajstić information content (AvgIpc) is 2.47. The fourth-order valence-electron chi connectivity index (χ4n) is 1.74. The maximum atomic E-state index is 11.1. The van der Waals surface area contributed by atoms with Crippen molar-refractivity contribution >= 4 is 21.6 Å². The van der Waals surface area contributed by atoms with E-state index in [0.717, 1.165) is 10.0 Å². The predicted molar refractivity (Wildman–Crippen MR) is 81.8 cm³/mol. The Hall–Kier alpha value is -2.12. The average molecular weight is 353 g/mol. The van der Waals surface area contributed by atoms with Crippen LogP contribution in [-0.4, -0.2) is 12.0 Å². The minimum Gasteiger partial charge on any atom is -0.496 e. The van der Waals surface area contributed by atoms with Gasteiger partial charge in [-0.2, -0.15) is 0 Å². The first-order valence-corrected chi connectivity index (χ1v) is 6.83. The van der Waals surface area contributed by atoms with Crippen LogP contribution in [0.3, 0.4) is 0 Å². The molecule has 0 atom stereocenters. The van der Waals surface area contributed by atoms with Crippen molar-refractivity contribution in [3.63, 3.8) is 0 Å². The van der Waals surface area contributed by atoms with Gasteiger partial charge in [0.05, 0.1) is 18.1 Å². The van der Waals surface area contributed by atoms with Crippen molar-refractivity contribution in [2.45, 2.75) is 6.54 Å². The van der Waals surface area contributed by atoms with Crippen LogP contribution < -0.4 is 15.2 Å². The minimum atomic E-state index is -0.513. The summed E-state index contributed by atoms with van der Waals surface area (Å²) in [5.74, 6) is 1.02. The second-order valence-corrected chi connectivity index (χ2v) is 5.00. The van der Waals surface area contributed by atoms with Crippen LogP contribution in [-0.2, 0) is 6.54 Å². The molecule has 0 amide bonds. The number of hydrogen-bond donors (Lipinski definition) is 1. The molecule has 2 N–H and O–H groups in total. The molecule has 0 aliphatic heterocycles. The molecule has 0 fully saturated rings. The van der Waals surface area contributed by atoms with Crippen LogP contribution in [0.15, 0.2) is 40.9 Å². The zero-order chi connectivity index (χ0) is 15.4. The van der Waals surface area contributed by atoms with E-state index in [1.165, 1.54) is 19.2 Å². The summed E-state index contributed by atoms with van der Waals surface area (Å²) in [5.41, 5.74) is 6.34. The van der Waals surface area contributed by atoms with E-state index in [4.69, 9.17) is 15.2 Å². The van der Waals surface area contributed by atoms with Gasteiger partial charge in [0.1, 0.15) is 11.5 Å². The van der Waals surface area contributed by atoms with Gasteiger partial charge in [0.2, 0.25) is 5.75 Å². The van der Waals surface area contributed by atoms with E-state index in [1.807, 2.05) is 0 Å². The van der Waals surface area contributed by atoms with Gasteiger partial charge in [0.15, 0.2) is 0 Å². The smallest absolute Gasteiger partial charge is 0.315 e. The Morgan fingerprint density at radius 1 is 1.24 bits per heavy atom. The molecule has 0 aromatic heterocycles. The number of benzene rings is 2. The molecular weight excluding hydrogens is 340 g/mol. The van der Waals surface area contributed by atoms with Crippen LogP contribution in [0.25, 0.3) is 0 Å². The number of halogens is 1. The zero-order valence-electron chi connectivity index (χ0n) is 11.2. The molecule has 110 valence electrons. The molecule has 0 radical (unpaired) electrons. The van der Waals surface area contributed by atoms with Crippen LogP contribution in [0, 0.1) is 10.1 Å². The van der Waals surface area contributed by atoms with Crippen LogP contribution in [0.4, 0.5) is 5.69 Å². The molecule has 0 saturated heterocycles. The first kappa shape index (κ1) is 15.3. The number of nitrogens with zero attached hydrogens (tertiary/aromatic N) is 1. The Morgan fingerprint density at radius 3 is 2.52 bits per heavy atom. The summed E-state index contributed by atoms with van der Waals surface area (Å²) < 4.78 is 11.4. The second kappa shape index (κ2) is 6.55. The molecule has 0 bridgehead atoms. The van der Waals surface area contributed by atoms with E-state index in [2.05, 4.69) is 15.9 Å². The first-order chi connectivity index (χ1) is 10.0. The van der Waals surface area contributed by atoms with E-state index in [-0.39, 0.29) is 11.4 Å². The largest absolute Gasteiger partial charge is 0.496 e. The Balaban J connectivity index is 2.35. The van der Waals surface area contributed by atoms with Crippen molar-refractivity contribution in [3.8, 4) is 17.2 Å². The summed E-state index contributed by atoms with van der Waals surface area (Å²) in [6.45, 7) is 0.392. The maximum Gasteiger partial charge on any atom is 0.315 e. The van der Waals surface area contributed by atoms with Crippen LogP contribution in [0.1, 0.15) is 5.56 Å². The van der Waals surface area contributed by atoms with Crippen LogP contribution in [0.5, 0.6) is 17.2 Å². The third kappa shape index (κ3) is 3.50. The molecule has 0 heterocycles. The first-order valence-electron chi connectivity index (χ1n) is 6.04. The third-order valence-electron chi connectivity index (χ3n) is 2.84. The number of hydrogen-bond acceptors (Lipinski definition) is 5. The summed E-state index contributed by atoms with van der Waals surface area (Å²) in [6, 6.07) is 9.65. The molecule has 0 spiro atoms. The normalized spacial score (nSPS) is 10.2. The SMILES string of the molecule is COc1ccc(Oc2ccc(CN)c(Br)c2)c([N+](=O)[O-])c1. The maximum absolute atomic E-state index is 11.1. The van der Waals surface area contributed by atoms with Gasteiger partial charge in [-0.1, -0.05) is 22.0 Å². The molecule has 2 aromatic rings. The topological polar surface area (TPSA) is 87.6 Å². The molecule has 0 aliphatic carbocycles. The predicted octanol–water partition coefficient (Wildman–Crippen LogP) is 3.62. The lowest BCUT2D eigenvalue weighted by atomic mass is 10.2. The Bertz CT molecular complexity index is 676. The van der Waals surface area contributed by atoms with E-state index in [9.17, 15) is 10.1 Å². The lowest BCUT2D eigenvalue weighted by Gasteiger charge is -2.09. The van der Waals surface area contributed by atoms with Crippen molar-refractivity contribution in [1.82, 2.24) is 0 Å². The summed E-state index contributed by atoms with van der Waals surface area (Å²) in [7, 11) is 1.45. The quantitative estimate of drug-likeness (QED) is 0.655. The summed E-state index contributed by atoms with van der Waals surface area (Å²) >= 11 is 3.38. The summed E-state index contributed by atoms with van der Waals surface area (Å²) in [6.07, 6.45) is 0. The van der Waals surface area contributed by atoms with E-state index in [0.29, 0.717) is 18.0 Å². The van der Waals surface area contributed by atoms with Crippen LogP contribution >= 0.6 is 15.9 Å². The number of rotatable bonds is 5. The fourth-order valence-corrected chi connectivity index (χ4v) is 2.26. The van der Waals surface area contributed by atoms with Gasteiger partial charge in [-0.15, -0.1) is 0 Å². The highest BCUT2D eigenvalue weighted by atomic mass is 79.9. The number of nitrogens with two attached hydrogens (primary N) is 1. The van der Waals surface area contributed by atoms with Gasteiger partial charge in [-0.3, -0.25) is 10.1 Å². The highest BCUT2D eigenvalue weighted by molar-refractivity contribution is 9.10. The van der Waals surface area contributed by atoms with Gasteiger partial charge >= 0.3 is 5.69 Å². The van der Waals surface area contributed by atoms with Gasteiger partial charge in [-0.05, 0) is 29.8 Å².